The standard InChI is InChI=1S/C19H19N3O10/c1-3-21(4-2)17(24)12(8-20)5-11-6-14(22(27)28)16(23)15(7-11)32-19(26)30-10-13-9-29-18(25)31-13/h5-7,13,23H,3-4,9-10H2,1-2H3. The highest BCUT2D eigenvalue weighted by Gasteiger charge is 2.28. The van der Waals surface area contributed by atoms with E-state index in [1.54, 1.807) is 19.9 Å². The number of phenolic OH excluding ortho intramolecular Hbond substituents is 1. The third-order valence-corrected chi connectivity index (χ3v) is 4.22. The number of likely N-dealkylation sites (N-methyl/N-ethyl adjacent to an activating group) is 1. The van der Waals surface area contributed by atoms with Crippen LogP contribution >= 0.6 is 0 Å². The number of nitriles is 1. The Labute approximate surface area is 181 Å². The Hall–Kier alpha value is -4.34. The number of ether oxygens (including phenoxy) is 4. The third kappa shape index (κ3) is 5.85. The van der Waals surface area contributed by atoms with Gasteiger partial charge in [0.05, 0.1) is 4.92 Å². The molecule has 1 heterocycles. The molecule has 1 atom stereocenters. The van der Waals surface area contributed by atoms with Gasteiger partial charge in [-0.15, -0.1) is 0 Å². The topological polar surface area (TPSA) is 179 Å². The largest absolute Gasteiger partial charge is 0.514 e. The van der Waals surface area contributed by atoms with E-state index in [0.29, 0.717) is 13.1 Å². The first-order valence-electron chi connectivity index (χ1n) is 9.30. The van der Waals surface area contributed by atoms with Crippen molar-refractivity contribution in [3.05, 3.63) is 33.4 Å². The van der Waals surface area contributed by atoms with Gasteiger partial charge in [0.15, 0.2) is 11.9 Å². The lowest BCUT2D eigenvalue weighted by Gasteiger charge is -2.17. The maximum Gasteiger partial charge on any atom is 0.514 e. The van der Waals surface area contributed by atoms with Crippen LogP contribution in [-0.4, -0.2) is 65.6 Å². The Bertz CT molecular complexity index is 994. The van der Waals surface area contributed by atoms with Gasteiger partial charge < -0.3 is 29.0 Å². The number of hydrogen-bond acceptors (Lipinski definition) is 11. The highest BCUT2D eigenvalue weighted by atomic mass is 16.8. The quantitative estimate of drug-likeness (QED) is 0.153. The molecule has 0 spiro atoms. The maximum atomic E-state index is 12.4. The second-order valence-electron chi connectivity index (χ2n) is 6.26. The number of cyclic esters (lactones) is 2. The van der Waals surface area contributed by atoms with Gasteiger partial charge in [-0.1, -0.05) is 0 Å². The van der Waals surface area contributed by atoms with E-state index in [1.807, 2.05) is 0 Å². The fourth-order valence-electron chi connectivity index (χ4n) is 2.63. The first kappa shape index (κ1) is 23.9. The lowest BCUT2D eigenvalue weighted by molar-refractivity contribution is -0.385. The number of phenols is 1. The van der Waals surface area contributed by atoms with Crippen LogP contribution in [0.25, 0.3) is 6.08 Å². The number of nitro benzene ring substituents is 1. The molecule has 1 aromatic rings. The molecule has 1 aliphatic rings. The fourth-order valence-corrected chi connectivity index (χ4v) is 2.63. The van der Waals surface area contributed by atoms with Gasteiger partial charge in [0, 0.05) is 19.2 Å². The summed E-state index contributed by atoms with van der Waals surface area (Å²) >= 11 is 0. The van der Waals surface area contributed by atoms with E-state index < -0.39 is 53.0 Å². The molecule has 32 heavy (non-hydrogen) atoms. The van der Waals surface area contributed by atoms with Gasteiger partial charge >= 0.3 is 18.0 Å². The Morgan fingerprint density at radius 1 is 1.41 bits per heavy atom. The minimum absolute atomic E-state index is 0.0486. The molecular formula is C19H19N3O10. The van der Waals surface area contributed by atoms with Crippen molar-refractivity contribution in [2.24, 2.45) is 0 Å². The van der Waals surface area contributed by atoms with Crippen molar-refractivity contribution in [2.75, 3.05) is 26.3 Å². The second kappa shape index (κ2) is 10.6. The van der Waals surface area contributed by atoms with E-state index in [0.717, 1.165) is 18.2 Å². The smallest absolute Gasteiger partial charge is 0.499 e. The number of carbonyl (C=O) groups is 3. The van der Waals surface area contributed by atoms with Crippen LogP contribution in [0.1, 0.15) is 19.4 Å². The van der Waals surface area contributed by atoms with Crippen LogP contribution in [0.3, 0.4) is 0 Å². The monoisotopic (exact) mass is 449 g/mol. The predicted octanol–water partition coefficient (Wildman–Crippen LogP) is 2.13. The molecule has 170 valence electrons. The molecular weight excluding hydrogens is 430 g/mol. The molecule has 0 bridgehead atoms. The van der Waals surface area contributed by atoms with Crippen molar-refractivity contribution in [2.45, 2.75) is 20.0 Å². The van der Waals surface area contributed by atoms with Crippen LogP contribution in [0.4, 0.5) is 15.3 Å². The number of hydrogen-bond donors (Lipinski definition) is 1. The first-order chi connectivity index (χ1) is 15.2. The number of aromatic hydroxyl groups is 1. The zero-order valence-corrected chi connectivity index (χ0v) is 17.1. The van der Waals surface area contributed by atoms with Crippen LogP contribution in [0.5, 0.6) is 11.5 Å². The van der Waals surface area contributed by atoms with Gasteiger partial charge in [0.1, 0.15) is 24.9 Å². The molecule has 1 saturated heterocycles. The normalized spacial score (nSPS) is 15.2. The highest BCUT2D eigenvalue weighted by Crippen LogP contribution is 2.38. The van der Waals surface area contributed by atoms with E-state index in [4.69, 9.17) is 9.47 Å². The summed E-state index contributed by atoms with van der Waals surface area (Å²) in [5, 5.41) is 30.7. The summed E-state index contributed by atoms with van der Waals surface area (Å²) in [6, 6.07) is 3.67. The van der Waals surface area contributed by atoms with Gasteiger partial charge in [-0.05, 0) is 31.6 Å². The van der Waals surface area contributed by atoms with Crippen molar-refractivity contribution in [1.29, 1.82) is 5.26 Å². The minimum atomic E-state index is -1.35. The summed E-state index contributed by atoms with van der Waals surface area (Å²) < 4.78 is 18.8. The number of nitro groups is 1. The summed E-state index contributed by atoms with van der Waals surface area (Å²) in [7, 11) is 0. The van der Waals surface area contributed by atoms with Crippen LogP contribution in [-0.2, 0) is 19.0 Å². The number of rotatable bonds is 8. The minimum Gasteiger partial charge on any atom is -0.499 e. The molecule has 2 rings (SSSR count). The van der Waals surface area contributed by atoms with Crippen molar-refractivity contribution >= 4 is 30.0 Å². The molecule has 0 aliphatic carbocycles. The molecule has 1 amide bonds. The van der Waals surface area contributed by atoms with Gasteiger partial charge in [-0.3, -0.25) is 14.9 Å². The lowest BCUT2D eigenvalue weighted by atomic mass is 10.1. The molecule has 1 aromatic carbocycles. The van der Waals surface area contributed by atoms with Gasteiger partial charge in [0.2, 0.25) is 5.75 Å². The van der Waals surface area contributed by atoms with Crippen LogP contribution in [0.2, 0.25) is 0 Å². The molecule has 1 fully saturated rings. The van der Waals surface area contributed by atoms with Crippen LogP contribution < -0.4 is 4.74 Å². The Morgan fingerprint density at radius 3 is 2.62 bits per heavy atom. The molecule has 13 nitrogen and oxygen atoms in total. The third-order valence-electron chi connectivity index (χ3n) is 4.22. The van der Waals surface area contributed by atoms with E-state index in [-0.39, 0.29) is 17.7 Å². The zero-order chi connectivity index (χ0) is 23.8. The average molecular weight is 449 g/mol. The fraction of sp³-hybridized carbons (Fsp3) is 0.368. The molecule has 13 heteroatoms. The summed E-state index contributed by atoms with van der Waals surface area (Å²) in [6.07, 6.45) is -2.05. The zero-order valence-electron chi connectivity index (χ0n) is 17.1. The maximum absolute atomic E-state index is 12.4. The summed E-state index contributed by atoms with van der Waals surface area (Å²) in [5.74, 6) is -2.19. The van der Waals surface area contributed by atoms with E-state index in [2.05, 4.69) is 9.47 Å². The number of amides is 1. The number of carbonyl (C=O) groups excluding carboxylic acids is 3. The van der Waals surface area contributed by atoms with Crippen molar-refractivity contribution in [1.82, 2.24) is 4.90 Å². The average Bonchev–Trinajstić information content (AvgIpc) is 3.18. The van der Waals surface area contributed by atoms with Crippen molar-refractivity contribution in [3.63, 3.8) is 0 Å². The molecule has 0 aromatic heterocycles. The predicted molar refractivity (Wildman–Crippen MR) is 104 cm³/mol. The van der Waals surface area contributed by atoms with E-state index in [1.165, 1.54) is 4.90 Å². The SMILES string of the molecule is CCN(CC)C(=O)C(C#N)=Cc1cc(OC(=O)OCC2COC(=O)O2)c(O)c([N+](=O)[O-])c1. The number of nitrogens with zero attached hydrogens (tertiary/aromatic N) is 3. The Kier molecular flexibility index (Phi) is 7.94. The number of benzene rings is 1. The van der Waals surface area contributed by atoms with Crippen LogP contribution in [0, 0.1) is 21.4 Å². The Morgan fingerprint density at radius 2 is 2.09 bits per heavy atom. The molecule has 1 aliphatic heterocycles. The van der Waals surface area contributed by atoms with Gasteiger partial charge in [0.25, 0.3) is 5.91 Å². The Balaban J connectivity index is 2.29. The molecule has 1 unspecified atom stereocenters. The van der Waals surface area contributed by atoms with E-state index in [9.17, 15) is 34.9 Å². The van der Waals surface area contributed by atoms with Crippen molar-refractivity contribution in [3.8, 4) is 17.6 Å². The first-order valence-corrected chi connectivity index (χ1v) is 9.30. The molecule has 1 N–H and O–H groups in total. The molecule has 0 radical (unpaired) electrons. The second-order valence-corrected chi connectivity index (χ2v) is 6.26. The van der Waals surface area contributed by atoms with E-state index >= 15 is 0 Å². The molecule has 0 saturated carbocycles. The van der Waals surface area contributed by atoms with Gasteiger partial charge in [-0.2, -0.15) is 5.26 Å². The highest BCUT2D eigenvalue weighted by molar-refractivity contribution is 6.01. The summed E-state index contributed by atoms with van der Waals surface area (Å²) in [4.78, 5) is 46.9. The van der Waals surface area contributed by atoms with Gasteiger partial charge in [-0.25, -0.2) is 9.59 Å². The lowest BCUT2D eigenvalue weighted by Crippen LogP contribution is -2.31. The summed E-state index contributed by atoms with van der Waals surface area (Å²) in [6.45, 7) is 3.57. The van der Waals surface area contributed by atoms with Crippen LogP contribution in [0.15, 0.2) is 17.7 Å². The van der Waals surface area contributed by atoms with Crippen molar-refractivity contribution < 1.29 is 43.4 Å². The summed E-state index contributed by atoms with van der Waals surface area (Å²) in [5.41, 5.74) is -1.19.